The van der Waals surface area contributed by atoms with E-state index in [2.05, 4.69) is 5.32 Å². The smallest absolute Gasteiger partial charge is 0.255 e. The Labute approximate surface area is 118 Å². The van der Waals surface area contributed by atoms with Crippen molar-refractivity contribution in [3.8, 4) is 5.75 Å². The van der Waals surface area contributed by atoms with Gasteiger partial charge >= 0.3 is 0 Å². The largest absolute Gasteiger partial charge is 0.508 e. The Balaban J connectivity index is 2.11. The molecule has 0 atom stereocenters. The number of nitrogens with two attached hydrogens (primary N) is 1. The molecule has 0 fully saturated rings. The van der Waals surface area contributed by atoms with Crippen LogP contribution in [0.4, 0.5) is 5.69 Å². The average Bonchev–Trinajstić information content (AvgIpc) is 2.41. The number of carbonyl (C=O) groups is 1. The summed E-state index contributed by atoms with van der Waals surface area (Å²) in [4.78, 5) is 12.1. The summed E-state index contributed by atoms with van der Waals surface area (Å²) in [7, 11) is 0. The van der Waals surface area contributed by atoms with Crippen LogP contribution in [0.5, 0.6) is 5.75 Å². The fraction of sp³-hybridized carbons (Fsp3) is 0.188. The second-order valence-corrected chi connectivity index (χ2v) is 4.69. The first-order valence-corrected chi connectivity index (χ1v) is 6.50. The van der Waals surface area contributed by atoms with Crippen molar-refractivity contribution in [3.05, 3.63) is 59.2 Å². The molecule has 0 aromatic heterocycles. The number of aryl methyl sites for hydroxylation is 1. The second kappa shape index (κ2) is 6.21. The van der Waals surface area contributed by atoms with E-state index in [1.807, 2.05) is 24.3 Å². The molecule has 0 saturated heterocycles. The molecule has 0 unspecified atom stereocenters. The Kier molecular flexibility index (Phi) is 4.38. The summed E-state index contributed by atoms with van der Waals surface area (Å²) in [6, 6.07) is 12.3. The van der Waals surface area contributed by atoms with Gasteiger partial charge in [0.05, 0.1) is 0 Å². The highest BCUT2D eigenvalue weighted by Gasteiger charge is 2.09. The van der Waals surface area contributed by atoms with Crippen LogP contribution in [-0.2, 0) is 6.42 Å². The maximum absolute atomic E-state index is 12.1. The van der Waals surface area contributed by atoms with E-state index in [9.17, 15) is 9.90 Å². The summed E-state index contributed by atoms with van der Waals surface area (Å²) in [5, 5.41) is 12.2. The summed E-state index contributed by atoms with van der Waals surface area (Å²) in [6.45, 7) is 2.40. The molecule has 0 aliphatic heterocycles. The van der Waals surface area contributed by atoms with Crippen molar-refractivity contribution in [2.45, 2.75) is 13.3 Å². The van der Waals surface area contributed by atoms with E-state index in [0.29, 0.717) is 12.1 Å². The molecule has 0 aliphatic carbocycles. The van der Waals surface area contributed by atoms with E-state index in [1.165, 1.54) is 6.07 Å². The van der Waals surface area contributed by atoms with Crippen LogP contribution in [0, 0.1) is 6.92 Å². The SMILES string of the molecule is Cc1cc(O)ccc1C(=O)Nc1ccc(CCN)cc1. The zero-order valence-electron chi connectivity index (χ0n) is 11.4. The highest BCUT2D eigenvalue weighted by atomic mass is 16.3. The van der Waals surface area contributed by atoms with Crippen LogP contribution in [0.1, 0.15) is 21.5 Å². The van der Waals surface area contributed by atoms with Gasteiger partial charge in [0.1, 0.15) is 5.75 Å². The first kappa shape index (κ1) is 14.1. The van der Waals surface area contributed by atoms with E-state index < -0.39 is 0 Å². The quantitative estimate of drug-likeness (QED) is 0.798. The van der Waals surface area contributed by atoms with Crippen molar-refractivity contribution in [3.63, 3.8) is 0 Å². The molecule has 0 spiro atoms. The number of phenolic OH excluding ortho intramolecular Hbond substituents is 1. The Hall–Kier alpha value is -2.33. The molecule has 1 amide bonds. The van der Waals surface area contributed by atoms with Gasteiger partial charge < -0.3 is 16.2 Å². The average molecular weight is 270 g/mol. The lowest BCUT2D eigenvalue weighted by atomic mass is 10.1. The minimum Gasteiger partial charge on any atom is -0.508 e. The van der Waals surface area contributed by atoms with E-state index in [0.717, 1.165) is 23.2 Å². The number of hydrogen-bond acceptors (Lipinski definition) is 3. The number of anilines is 1. The number of nitrogens with one attached hydrogen (secondary N) is 1. The number of carbonyl (C=O) groups excluding carboxylic acids is 1. The first-order valence-electron chi connectivity index (χ1n) is 6.50. The van der Waals surface area contributed by atoms with E-state index in [4.69, 9.17) is 5.73 Å². The zero-order chi connectivity index (χ0) is 14.5. The summed E-state index contributed by atoms with van der Waals surface area (Å²) in [6.07, 6.45) is 0.825. The number of phenols is 1. The molecule has 0 aliphatic rings. The molecule has 4 heteroatoms. The predicted molar refractivity (Wildman–Crippen MR) is 80.0 cm³/mol. The Morgan fingerprint density at radius 3 is 2.50 bits per heavy atom. The Morgan fingerprint density at radius 2 is 1.90 bits per heavy atom. The molecule has 0 heterocycles. The maximum atomic E-state index is 12.1. The number of rotatable bonds is 4. The van der Waals surface area contributed by atoms with Crippen LogP contribution in [0.2, 0.25) is 0 Å². The minimum absolute atomic E-state index is 0.158. The molecular formula is C16H18N2O2. The van der Waals surface area contributed by atoms with Crippen LogP contribution in [0.15, 0.2) is 42.5 Å². The molecule has 2 aromatic rings. The highest BCUT2D eigenvalue weighted by Crippen LogP contribution is 2.17. The van der Waals surface area contributed by atoms with Crippen molar-refractivity contribution in [1.29, 1.82) is 0 Å². The van der Waals surface area contributed by atoms with Gasteiger partial charge in [0, 0.05) is 11.3 Å². The van der Waals surface area contributed by atoms with Crippen LogP contribution < -0.4 is 11.1 Å². The molecule has 0 saturated carbocycles. The van der Waals surface area contributed by atoms with E-state index in [1.54, 1.807) is 19.1 Å². The number of hydrogen-bond donors (Lipinski definition) is 3. The molecule has 4 N–H and O–H groups in total. The lowest BCUT2D eigenvalue weighted by Crippen LogP contribution is -2.13. The first-order chi connectivity index (χ1) is 9.60. The predicted octanol–water partition coefficient (Wildman–Crippen LogP) is 2.45. The lowest BCUT2D eigenvalue weighted by molar-refractivity contribution is 0.102. The zero-order valence-corrected chi connectivity index (χ0v) is 11.4. The molecule has 0 bridgehead atoms. The van der Waals surface area contributed by atoms with Gasteiger partial charge in [-0.25, -0.2) is 0 Å². The van der Waals surface area contributed by atoms with Gasteiger partial charge in [0.25, 0.3) is 5.91 Å². The third kappa shape index (κ3) is 3.36. The Morgan fingerprint density at radius 1 is 1.20 bits per heavy atom. The maximum Gasteiger partial charge on any atom is 0.255 e. The van der Waals surface area contributed by atoms with Gasteiger partial charge in [-0.3, -0.25) is 4.79 Å². The van der Waals surface area contributed by atoms with Gasteiger partial charge in [0.2, 0.25) is 0 Å². The lowest BCUT2D eigenvalue weighted by Gasteiger charge is -2.08. The van der Waals surface area contributed by atoms with Gasteiger partial charge in [-0.2, -0.15) is 0 Å². The fourth-order valence-corrected chi connectivity index (χ4v) is 2.02. The molecule has 104 valence electrons. The molecule has 20 heavy (non-hydrogen) atoms. The summed E-state index contributed by atoms with van der Waals surface area (Å²) >= 11 is 0. The van der Waals surface area contributed by atoms with E-state index in [-0.39, 0.29) is 11.7 Å². The van der Waals surface area contributed by atoms with Crippen molar-refractivity contribution < 1.29 is 9.90 Å². The monoisotopic (exact) mass is 270 g/mol. The minimum atomic E-state index is -0.186. The van der Waals surface area contributed by atoms with Crippen LogP contribution in [-0.4, -0.2) is 17.6 Å². The van der Waals surface area contributed by atoms with Crippen LogP contribution >= 0.6 is 0 Å². The third-order valence-corrected chi connectivity index (χ3v) is 3.10. The molecule has 0 radical (unpaired) electrons. The number of aromatic hydroxyl groups is 1. The van der Waals surface area contributed by atoms with Crippen molar-refractivity contribution in [2.75, 3.05) is 11.9 Å². The third-order valence-electron chi connectivity index (χ3n) is 3.10. The highest BCUT2D eigenvalue weighted by molar-refractivity contribution is 6.05. The topological polar surface area (TPSA) is 75.3 Å². The Bertz CT molecular complexity index is 606. The summed E-state index contributed by atoms with van der Waals surface area (Å²) in [5.74, 6) is -0.0285. The molecular weight excluding hydrogens is 252 g/mol. The van der Waals surface area contributed by atoms with Gasteiger partial charge in [-0.15, -0.1) is 0 Å². The standard InChI is InChI=1S/C16H18N2O2/c1-11-10-14(19)6-7-15(11)16(20)18-13-4-2-12(3-5-13)8-9-17/h2-7,10,19H,8-9,17H2,1H3,(H,18,20). The number of benzene rings is 2. The normalized spacial score (nSPS) is 10.3. The summed E-state index contributed by atoms with van der Waals surface area (Å²) < 4.78 is 0. The van der Waals surface area contributed by atoms with Crippen molar-refractivity contribution in [2.24, 2.45) is 5.73 Å². The van der Waals surface area contributed by atoms with Crippen LogP contribution in [0.3, 0.4) is 0 Å². The van der Waals surface area contributed by atoms with Crippen molar-refractivity contribution >= 4 is 11.6 Å². The van der Waals surface area contributed by atoms with Gasteiger partial charge in [-0.1, -0.05) is 12.1 Å². The molecule has 4 nitrogen and oxygen atoms in total. The van der Waals surface area contributed by atoms with Gasteiger partial charge in [0.15, 0.2) is 0 Å². The molecule has 2 rings (SSSR count). The van der Waals surface area contributed by atoms with E-state index >= 15 is 0 Å². The summed E-state index contributed by atoms with van der Waals surface area (Å²) in [5.41, 5.74) is 8.67. The van der Waals surface area contributed by atoms with Gasteiger partial charge in [-0.05, 0) is 61.3 Å². The molecule has 2 aromatic carbocycles. The van der Waals surface area contributed by atoms with Crippen molar-refractivity contribution in [1.82, 2.24) is 0 Å². The second-order valence-electron chi connectivity index (χ2n) is 4.69. The number of amides is 1. The fourth-order valence-electron chi connectivity index (χ4n) is 2.02. The van der Waals surface area contributed by atoms with Crippen LogP contribution in [0.25, 0.3) is 0 Å².